The highest BCUT2D eigenvalue weighted by molar-refractivity contribution is 6.36. The van der Waals surface area contributed by atoms with E-state index in [1.165, 1.54) is 11.6 Å². The minimum absolute atomic E-state index is 0.247. The zero-order valence-electron chi connectivity index (χ0n) is 13.9. The van der Waals surface area contributed by atoms with Crippen LogP contribution in [0.2, 0.25) is 0 Å². The Labute approximate surface area is 153 Å². The van der Waals surface area contributed by atoms with Crippen molar-refractivity contribution in [3.05, 3.63) is 81.4 Å². The minimum atomic E-state index is -1.53. The SMILES string of the molecule is O=C(O)C1=C(C(=O)O)C(=O)C2=Cc3c(ccc4c3Cc3ccccc3-4)C2=C1. The smallest absolute Gasteiger partial charge is 0.340 e. The molecule has 130 valence electrons. The first-order chi connectivity index (χ1) is 13.0. The number of carbonyl (C=O) groups is 3. The number of hydrogen-bond donors (Lipinski definition) is 2. The molecule has 0 bridgehead atoms. The molecule has 3 aliphatic rings. The van der Waals surface area contributed by atoms with Crippen LogP contribution in [0.5, 0.6) is 0 Å². The average molecular weight is 356 g/mol. The Bertz CT molecular complexity index is 1210. The topological polar surface area (TPSA) is 91.7 Å². The van der Waals surface area contributed by atoms with Crippen molar-refractivity contribution in [3.63, 3.8) is 0 Å². The van der Waals surface area contributed by atoms with Crippen LogP contribution >= 0.6 is 0 Å². The van der Waals surface area contributed by atoms with Gasteiger partial charge < -0.3 is 10.2 Å². The van der Waals surface area contributed by atoms with Crippen LogP contribution in [-0.2, 0) is 20.8 Å². The van der Waals surface area contributed by atoms with Crippen LogP contribution < -0.4 is 0 Å². The van der Waals surface area contributed by atoms with Crippen molar-refractivity contribution in [2.45, 2.75) is 6.42 Å². The molecule has 5 rings (SSSR count). The lowest BCUT2D eigenvalue weighted by Crippen LogP contribution is -2.22. The van der Waals surface area contributed by atoms with E-state index in [1.54, 1.807) is 6.08 Å². The van der Waals surface area contributed by atoms with Crippen molar-refractivity contribution in [2.24, 2.45) is 0 Å². The fraction of sp³-hybridized carbons (Fsp3) is 0.0455. The monoisotopic (exact) mass is 356 g/mol. The molecule has 3 aliphatic carbocycles. The van der Waals surface area contributed by atoms with Crippen LogP contribution in [0.3, 0.4) is 0 Å². The van der Waals surface area contributed by atoms with Crippen molar-refractivity contribution in [1.29, 1.82) is 0 Å². The van der Waals surface area contributed by atoms with Crippen LogP contribution in [-0.4, -0.2) is 27.9 Å². The number of allylic oxidation sites excluding steroid dienone is 2. The van der Waals surface area contributed by atoms with Gasteiger partial charge in [-0.25, -0.2) is 9.59 Å². The van der Waals surface area contributed by atoms with Crippen LogP contribution in [0.4, 0.5) is 0 Å². The number of carboxylic acids is 2. The predicted octanol–water partition coefficient (Wildman–Crippen LogP) is 3.09. The lowest BCUT2D eigenvalue weighted by molar-refractivity contribution is -0.137. The van der Waals surface area contributed by atoms with E-state index >= 15 is 0 Å². The molecule has 0 spiro atoms. The summed E-state index contributed by atoms with van der Waals surface area (Å²) in [6.45, 7) is 0. The van der Waals surface area contributed by atoms with Crippen LogP contribution in [0.25, 0.3) is 22.8 Å². The molecule has 0 heterocycles. The van der Waals surface area contributed by atoms with Gasteiger partial charge in [-0.05, 0) is 57.5 Å². The number of Topliss-reactive ketones (excluding diaryl/α,β-unsaturated/α-hetero) is 1. The molecule has 0 saturated carbocycles. The lowest BCUT2D eigenvalue weighted by Gasteiger charge is -2.15. The van der Waals surface area contributed by atoms with Crippen molar-refractivity contribution in [3.8, 4) is 11.1 Å². The number of benzene rings is 2. The number of carbonyl (C=O) groups excluding carboxylic acids is 1. The first-order valence-electron chi connectivity index (χ1n) is 8.41. The Morgan fingerprint density at radius 2 is 1.56 bits per heavy atom. The molecule has 0 atom stereocenters. The van der Waals surface area contributed by atoms with Crippen LogP contribution in [0, 0.1) is 0 Å². The summed E-state index contributed by atoms with van der Waals surface area (Å²) in [4.78, 5) is 35.7. The van der Waals surface area contributed by atoms with Gasteiger partial charge in [-0.3, -0.25) is 4.79 Å². The fourth-order valence-electron chi connectivity index (χ4n) is 4.20. The summed E-state index contributed by atoms with van der Waals surface area (Å²) in [5, 5.41) is 18.7. The molecule has 0 fully saturated rings. The highest BCUT2D eigenvalue weighted by atomic mass is 16.4. The second kappa shape index (κ2) is 5.14. The van der Waals surface area contributed by atoms with E-state index in [1.807, 2.05) is 24.3 Å². The fourth-order valence-corrected chi connectivity index (χ4v) is 4.20. The summed E-state index contributed by atoms with van der Waals surface area (Å²) in [6.07, 6.45) is 3.74. The van der Waals surface area contributed by atoms with Gasteiger partial charge in [0, 0.05) is 5.57 Å². The van der Waals surface area contributed by atoms with E-state index in [9.17, 15) is 24.6 Å². The summed E-state index contributed by atoms with van der Waals surface area (Å²) < 4.78 is 0. The summed E-state index contributed by atoms with van der Waals surface area (Å²) in [5.74, 6) is -3.70. The van der Waals surface area contributed by atoms with E-state index in [-0.39, 0.29) is 5.57 Å². The number of fused-ring (bicyclic) bond motifs is 7. The van der Waals surface area contributed by atoms with Crippen molar-refractivity contribution in [1.82, 2.24) is 0 Å². The standard InChI is InChI=1S/C22H12O5/c23-20-17-8-15-13(16(17)9-18(21(24)25)19(20)22(26)27)6-5-12-11-4-2-1-3-10(11)7-14(12)15/h1-6,8-9H,7H2,(H,24,25)(H,26,27). The number of aliphatic carboxylic acids is 2. The maximum atomic E-state index is 12.7. The van der Waals surface area contributed by atoms with E-state index in [4.69, 9.17) is 0 Å². The number of ketones is 1. The zero-order valence-corrected chi connectivity index (χ0v) is 13.9. The number of carboxylic acid groups (broad SMARTS) is 2. The molecule has 0 unspecified atom stereocenters. The molecule has 0 amide bonds. The Balaban J connectivity index is 1.74. The minimum Gasteiger partial charge on any atom is -0.478 e. The largest absolute Gasteiger partial charge is 0.478 e. The molecule has 0 aromatic heterocycles. The molecule has 0 aliphatic heterocycles. The molecule has 0 radical (unpaired) electrons. The van der Waals surface area contributed by atoms with Crippen molar-refractivity contribution >= 4 is 29.4 Å². The van der Waals surface area contributed by atoms with Crippen LogP contribution in [0.1, 0.15) is 22.3 Å². The third-order valence-corrected chi connectivity index (χ3v) is 5.37. The molecule has 5 heteroatoms. The van der Waals surface area contributed by atoms with Crippen molar-refractivity contribution in [2.75, 3.05) is 0 Å². The van der Waals surface area contributed by atoms with Gasteiger partial charge in [0.15, 0.2) is 0 Å². The third kappa shape index (κ3) is 1.96. The van der Waals surface area contributed by atoms with Crippen molar-refractivity contribution < 1.29 is 24.6 Å². The molecule has 5 nitrogen and oxygen atoms in total. The number of rotatable bonds is 2. The van der Waals surface area contributed by atoms with E-state index < -0.39 is 28.9 Å². The van der Waals surface area contributed by atoms with Gasteiger partial charge in [-0.1, -0.05) is 36.4 Å². The third-order valence-electron chi connectivity index (χ3n) is 5.37. The quantitative estimate of drug-likeness (QED) is 0.689. The highest BCUT2D eigenvalue weighted by Gasteiger charge is 2.38. The van der Waals surface area contributed by atoms with Gasteiger partial charge in [0.1, 0.15) is 5.57 Å². The normalized spacial score (nSPS) is 16.2. The molecule has 2 N–H and O–H groups in total. The van der Waals surface area contributed by atoms with E-state index in [0.29, 0.717) is 5.57 Å². The first kappa shape index (κ1) is 15.5. The summed E-state index contributed by atoms with van der Waals surface area (Å²) >= 11 is 0. The Kier molecular flexibility index (Phi) is 2.95. The maximum Gasteiger partial charge on any atom is 0.340 e. The Morgan fingerprint density at radius 1 is 0.815 bits per heavy atom. The van der Waals surface area contributed by atoms with Gasteiger partial charge in [0.05, 0.1) is 5.57 Å². The second-order valence-corrected chi connectivity index (χ2v) is 6.73. The number of hydrogen-bond acceptors (Lipinski definition) is 3. The highest BCUT2D eigenvalue weighted by Crippen LogP contribution is 2.47. The van der Waals surface area contributed by atoms with Crippen LogP contribution in [0.15, 0.2) is 59.2 Å². The summed E-state index contributed by atoms with van der Waals surface area (Å²) in [7, 11) is 0. The average Bonchev–Trinajstić information content (AvgIpc) is 3.19. The van der Waals surface area contributed by atoms with E-state index in [0.717, 1.165) is 34.2 Å². The van der Waals surface area contributed by atoms with Gasteiger partial charge in [-0.15, -0.1) is 0 Å². The molecule has 2 aromatic rings. The zero-order chi connectivity index (χ0) is 18.9. The summed E-state index contributed by atoms with van der Waals surface area (Å²) in [5.41, 5.74) is 5.73. The lowest BCUT2D eigenvalue weighted by atomic mass is 9.86. The molecular formula is C22H12O5. The van der Waals surface area contributed by atoms with E-state index in [2.05, 4.69) is 12.1 Å². The second-order valence-electron chi connectivity index (χ2n) is 6.73. The van der Waals surface area contributed by atoms with Gasteiger partial charge in [0.25, 0.3) is 0 Å². The maximum absolute atomic E-state index is 12.7. The van der Waals surface area contributed by atoms with Gasteiger partial charge in [-0.2, -0.15) is 0 Å². The Morgan fingerprint density at radius 3 is 2.30 bits per heavy atom. The predicted molar refractivity (Wildman–Crippen MR) is 97.9 cm³/mol. The van der Waals surface area contributed by atoms with Gasteiger partial charge >= 0.3 is 11.9 Å². The summed E-state index contributed by atoms with van der Waals surface area (Å²) in [6, 6.07) is 11.9. The Hall–Kier alpha value is -3.73. The first-order valence-corrected chi connectivity index (χ1v) is 8.41. The molecule has 2 aromatic carbocycles. The van der Waals surface area contributed by atoms with Gasteiger partial charge in [0.2, 0.25) is 5.78 Å². The molecule has 0 saturated heterocycles. The molecule has 27 heavy (non-hydrogen) atoms. The molecular weight excluding hydrogens is 344 g/mol.